The summed E-state index contributed by atoms with van der Waals surface area (Å²) in [6.07, 6.45) is 0. The fraction of sp³-hybridized carbons (Fsp3) is 0.235. The first-order chi connectivity index (χ1) is 9.86. The number of nitrogens with one attached hydrogen (secondary N) is 2. The van der Waals surface area contributed by atoms with Crippen molar-refractivity contribution in [2.75, 3.05) is 10.6 Å². The number of para-hydroxylation sites is 1. The molecule has 0 aromatic heterocycles. The van der Waals surface area contributed by atoms with Crippen molar-refractivity contribution in [3.63, 3.8) is 0 Å². The van der Waals surface area contributed by atoms with Crippen molar-refractivity contribution in [2.24, 2.45) is 0 Å². The summed E-state index contributed by atoms with van der Waals surface area (Å²) in [7, 11) is 0. The lowest BCUT2D eigenvalue weighted by atomic mass is 9.87. The van der Waals surface area contributed by atoms with Gasteiger partial charge in [0, 0.05) is 9.26 Å². The van der Waals surface area contributed by atoms with E-state index < -0.39 is 0 Å². The summed E-state index contributed by atoms with van der Waals surface area (Å²) in [6.45, 7) is 6.50. The van der Waals surface area contributed by atoms with Crippen molar-refractivity contribution < 1.29 is 4.79 Å². The summed E-state index contributed by atoms with van der Waals surface area (Å²) in [5.41, 5.74) is 2.94. The van der Waals surface area contributed by atoms with Crippen molar-refractivity contribution >= 4 is 40.0 Å². The zero-order valence-electron chi connectivity index (χ0n) is 12.4. The molecule has 0 bridgehead atoms. The van der Waals surface area contributed by atoms with E-state index in [0.717, 1.165) is 14.9 Å². The number of carbonyl (C=O) groups is 1. The van der Waals surface area contributed by atoms with Gasteiger partial charge in [-0.15, -0.1) is 0 Å². The van der Waals surface area contributed by atoms with Gasteiger partial charge in [-0.1, -0.05) is 45.0 Å². The van der Waals surface area contributed by atoms with Crippen LogP contribution in [0.1, 0.15) is 26.3 Å². The molecule has 0 heterocycles. The average Bonchev–Trinajstić information content (AvgIpc) is 2.41. The van der Waals surface area contributed by atoms with Gasteiger partial charge in [-0.05, 0) is 57.8 Å². The number of halogens is 1. The maximum Gasteiger partial charge on any atom is 0.323 e. The highest BCUT2D eigenvalue weighted by molar-refractivity contribution is 14.1. The van der Waals surface area contributed by atoms with Crippen LogP contribution in [0.2, 0.25) is 0 Å². The maximum absolute atomic E-state index is 12.0. The summed E-state index contributed by atoms with van der Waals surface area (Å²) in [4.78, 5) is 12.0. The average molecular weight is 394 g/mol. The van der Waals surface area contributed by atoms with Crippen LogP contribution in [0.3, 0.4) is 0 Å². The van der Waals surface area contributed by atoms with Gasteiger partial charge in [0.05, 0.1) is 5.69 Å². The molecule has 3 nitrogen and oxygen atoms in total. The molecule has 0 aliphatic heterocycles. The zero-order valence-corrected chi connectivity index (χ0v) is 14.6. The number of carbonyl (C=O) groups excluding carboxylic acids is 1. The van der Waals surface area contributed by atoms with E-state index in [4.69, 9.17) is 0 Å². The molecule has 2 aromatic rings. The predicted octanol–water partition coefficient (Wildman–Crippen LogP) is 5.23. The summed E-state index contributed by atoms with van der Waals surface area (Å²) < 4.78 is 1.01. The molecule has 21 heavy (non-hydrogen) atoms. The van der Waals surface area contributed by atoms with Crippen LogP contribution in [0, 0.1) is 3.57 Å². The lowest BCUT2D eigenvalue weighted by molar-refractivity contribution is 0.262. The first-order valence-corrected chi connectivity index (χ1v) is 7.87. The SMILES string of the molecule is CC(C)(C)c1ccc(NC(=O)Nc2ccccc2I)cc1. The Bertz CT molecular complexity index is 630. The standard InChI is InChI=1S/C17H19IN2O/c1-17(2,3)12-8-10-13(11-9-12)19-16(21)20-15-7-5-4-6-14(15)18/h4-11H,1-3H3,(H2,19,20,21). The molecule has 0 saturated heterocycles. The second kappa shape index (κ2) is 6.47. The van der Waals surface area contributed by atoms with Gasteiger partial charge in [-0.25, -0.2) is 4.79 Å². The number of anilines is 2. The molecule has 0 unspecified atom stereocenters. The topological polar surface area (TPSA) is 41.1 Å². The van der Waals surface area contributed by atoms with E-state index in [-0.39, 0.29) is 11.4 Å². The van der Waals surface area contributed by atoms with Crippen molar-refractivity contribution in [1.29, 1.82) is 0 Å². The third kappa shape index (κ3) is 4.46. The molecule has 0 atom stereocenters. The Hall–Kier alpha value is -1.56. The molecule has 0 fully saturated rings. The molecule has 2 rings (SSSR count). The van der Waals surface area contributed by atoms with E-state index in [2.05, 4.69) is 54.0 Å². The largest absolute Gasteiger partial charge is 0.323 e. The van der Waals surface area contributed by atoms with Gasteiger partial charge < -0.3 is 10.6 Å². The van der Waals surface area contributed by atoms with E-state index in [0.29, 0.717) is 0 Å². The lowest BCUT2D eigenvalue weighted by Gasteiger charge is -2.19. The van der Waals surface area contributed by atoms with Crippen molar-refractivity contribution in [3.05, 3.63) is 57.7 Å². The quantitative estimate of drug-likeness (QED) is 0.673. The number of amides is 2. The van der Waals surface area contributed by atoms with Gasteiger partial charge in [0.15, 0.2) is 0 Å². The van der Waals surface area contributed by atoms with Gasteiger partial charge in [-0.3, -0.25) is 0 Å². The van der Waals surface area contributed by atoms with Crippen LogP contribution in [0.4, 0.5) is 16.2 Å². The van der Waals surface area contributed by atoms with Crippen LogP contribution in [0.15, 0.2) is 48.5 Å². The van der Waals surface area contributed by atoms with E-state index >= 15 is 0 Å². The molecular weight excluding hydrogens is 375 g/mol. The number of benzene rings is 2. The zero-order chi connectivity index (χ0) is 15.5. The maximum atomic E-state index is 12.0. The first-order valence-electron chi connectivity index (χ1n) is 6.79. The van der Waals surface area contributed by atoms with Gasteiger partial charge in [0.25, 0.3) is 0 Å². The minimum absolute atomic E-state index is 0.112. The highest BCUT2D eigenvalue weighted by atomic mass is 127. The normalized spacial score (nSPS) is 11.0. The monoisotopic (exact) mass is 394 g/mol. The lowest BCUT2D eigenvalue weighted by Crippen LogP contribution is -2.20. The number of hydrogen-bond acceptors (Lipinski definition) is 1. The molecule has 0 radical (unpaired) electrons. The fourth-order valence-corrected chi connectivity index (χ4v) is 2.42. The predicted molar refractivity (Wildman–Crippen MR) is 96.9 cm³/mol. The molecule has 0 saturated carbocycles. The Morgan fingerprint density at radius 2 is 1.57 bits per heavy atom. The second-order valence-corrected chi connectivity index (χ2v) is 7.05. The van der Waals surface area contributed by atoms with Crippen LogP contribution in [-0.4, -0.2) is 6.03 Å². The van der Waals surface area contributed by atoms with Gasteiger partial charge in [0.1, 0.15) is 0 Å². The molecule has 0 aliphatic carbocycles. The number of rotatable bonds is 2. The van der Waals surface area contributed by atoms with Crippen LogP contribution >= 0.6 is 22.6 Å². The third-order valence-corrected chi connectivity index (χ3v) is 4.07. The third-order valence-electron chi connectivity index (χ3n) is 3.13. The second-order valence-electron chi connectivity index (χ2n) is 5.89. The summed E-state index contributed by atoms with van der Waals surface area (Å²) in [5, 5.41) is 5.69. The Morgan fingerprint density at radius 1 is 0.952 bits per heavy atom. The van der Waals surface area contributed by atoms with Crippen LogP contribution in [-0.2, 0) is 5.41 Å². The van der Waals surface area contributed by atoms with Crippen molar-refractivity contribution in [2.45, 2.75) is 26.2 Å². The molecule has 0 spiro atoms. The van der Waals surface area contributed by atoms with Crippen molar-refractivity contribution in [1.82, 2.24) is 0 Å². The summed E-state index contributed by atoms with van der Waals surface area (Å²) >= 11 is 2.20. The van der Waals surface area contributed by atoms with Crippen LogP contribution in [0.25, 0.3) is 0 Å². The molecule has 2 amide bonds. The molecule has 110 valence electrons. The number of hydrogen-bond donors (Lipinski definition) is 2. The highest BCUT2D eigenvalue weighted by Crippen LogP contribution is 2.23. The van der Waals surface area contributed by atoms with E-state index in [1.54, 1.807) is 0 Å². The Labute approximate surface area is 139 Å². The van der Waals surface area contributed by atoms with Gasteiger partial charge in [0.2, 0.25) is 0 Å². The summed E-state index contributed by atoms with van der Waals surface area (Å²) in [5.74, 6) is 0. The van der Waals surface area contributed by atoms with E-state index in [1.165, 1.54) is 5.56 Å². The smallest absolute Gasteiger partial charge is 0.308 e. The highest BCUT2D eigenvalue weighted by Gasteiger charge is 2.13. The van der Waals surface area contributed by atoms with E-state index in [9.17, 15) is 4.79 Å². The first kappa shape index (κ1) is 15.8. The minimum atomic E-state index is -0.234. The van der Waals surface area contributed by atoms with Gasteiger partial charge in [-0.2, -0.15) is 0 Å². The molecular formula is C17H19IN2O. The van der Waals surface area contributed by atoms with E-state index in [1.807, 2.05) is 48.5 Å². The van der Waals surface area contributed by atoms with Gasteiger partial charge >= 0.3 is 6.03 Å². The summed E-state index contributed by atoms with van der Waals surface area (Å²) in [6, 6.07) is 15.4. The number of urea groups is 1. The fourth-order valence-electron chi connectivity index (χ4n) is 1.90. The Balaban J connectivity index is 2.02. The van der Waals surface area contributed by atoms with Crippen LogP contribution in [0.5, 0.6) is 0 Å². The molecule has 2 N–H and O–H groups in total. The van der Waals surface area contributed by atoms with Crippen molar-refractivity contribution in [3.8, 4) is 0 Å². The minimum Gasteiger partial charge on any atom is -0.308 e. The Morgan fingerprint density at radius 3 is 2.14 bits per heavy atom. The molecule has 2 aromatic carbocycles. The Kier molecular flexibility index (Phi) is 4.88. The molecule has 4 heteroatoms. The van der Waals surface area contributed by atoms with Crippen LogP contribution < -0.4 is 10.6 Å². The molecule has 0 aliphatic rings.